The van der Waals surface area contributed by atoms with Gasteiger partial charge in [-0.3, -0.25) is 14.6 Å². The number of nitrogens with zero attached hydrogens (tertiary/aromatic N) is 3. The summed E-state index contributed by atoms with van der Waals surface area (Å²) in [4.78, 5) is 35.7. The maximum Gasteiger partial charge on any atom is 0.271 e. The molecule has 0 aliphatic heterocycles. The molecule has 144 valence electrons. The van der Waals surface area contributed by atoms with Crippen molar-refractivity contribution in [1.29, 1.82) is 0 Å². The Bertz CT molecular complexity index is 1040. The summed E-state index contributed by atoms with van der Waals surface area (Å²) in [6, 6.07) is 7.26. The molecule has 2 aromatic heterocycles. The second-order valence-corrected chi connectivity index (χ2v) is 6.50. The molecule has 0 radical (unpaired) electrons. The van der Waals surface area contributed by atoms with Crippen molar-refractivity contribution in [1.82, 2.24) is 15.0 Å². The Kier molecular flexibility index (Phi) is 5.35. The van der Waals surface area contributed by atoms with Crippen molar-refractivity contribution in [3.8, 4) is 0 Å². The molecule has 0 saturated heterocycles. The van der Waals surface area contributed by atoms with Gasteiger partial charge in [-0.05, 0) is 30.5 Å². The average molecular weight is 379 g/mol. The molecule has 6 N–H and O–H groups in total. The zero-order valence-electron chi connectivity index (χ0n) is 15.5. The van der Waals surface area contributed by atoms with Gasteiger partial charge >= 0.3 is 0 Å². The van der Waals surface area contributed by atoms with Crippen LogP contribution in [-0.2, 0) is 4.79 Å². The van der Waals surface area contributed by atoms with Crippen molar-refractivity contribution in [2.75, 3.05) is 10.6 Å². The fraction of sp³-hybridized carbons (Fsp3) is 0.211. The van der Waals surface area contributed by atoms with Crippen LogP contribution in [0.25, 0.3) is 10.8 Å². The minimum absolute atomic E-state index is 0.0102. The maximum absolute atomic E-state index is 11.7. The second kappa shape index (κ2) is 7.87. The van der Waals surface area contributed by atoms with Crippen LogP contribution in [0.3, 0.4) is 0 Å². The summed E-state index contributed by atoms with van der Waals surface area (Å²) in [5, 5.41) is 8.12. The number of hydrogen-bond acceptors (Lipinski definition) is 7. The molecule has 0 saturated carbocycles. The molecule has 0 aliphatic carbocycles. The van der Waals surface area contributed by atoms with E-state index in [1.807, 2.05) is 31.2 Å². The molecule has 0 bridgehead atoms. The zero-order chi connectivity index (χ0) is 20.3. The summed E-state index contributed by atoms with van der Waals surface area (Å²) < 4.78 is 0. The maximum atomic E-state index is 11.7. The van der Waals surface area contributed by atoms with E-state index in [4.69, 9.17) is 11.5 Å². The van der Waals surface area contributed by atoms with E-state index < -0.39 is 17.7 Å². The van der Waals surface area contributed by atoms with Crippen molar-refractivity contribution in [3.63, 3.8) is 0 Å². The van der Waals surface area contributed by atoms with E-state index in [-0.39, 0.29) is 17.6 Å². The van der Waals surface area contributed by atoms with Crippen LogP contribution in [0.4, 0.5) is 17.3 Å². The number of amides is 2. The van der Waals surface area contributed by atoms with Gasteiger partial charge in [0, 0.05) is 29.5 Å². The van der Waals surface area contributed by atoms with Gasteiger partial charge in [0.25, 0.3) is 5.91 Å². The van der Waals surface area contributed by atoms with Gasteiger partial charge in [0.1, 0.15) is 5.82 Å². The fourth-order valence-corrected chi connectivity index (χ4v) is 2.63. The molecule has 9 nitrogen and oxygen atoms in total. The van der Waals surface area contributed by atoms with Gasteiger partial charge < -0.3 is 22.1 Å². The first-order valence-electron chi connectivity index (χ1n) is 8.68. The largest absolute Gasteiger partial charge is 0.369 e. The molecule has 0 fully saturated rings. The number of rotatable bonds is 7. The first kappa shape index (κ1) is 19.0. The number of carbonyl (C=O) groups is 2. The van der Waals surface area contributed by atoms with E-state index in [1.54, 1.807) is 19.3 Å². The quantitative estimate of drug-likeness (QED) is 0.489. The van der Waals surface area contributed by atoms with Crippen LogP contribution in [0, 0.1) is 5.92 Å². The van der Waals surface area contributed by atoms with Crippen molar-refractivity contribution in [3.05, 3.63) is 48.5 Å². The average Bonchev–Trinajstić information content (AvgIpc) is 2.67. The van der Waals surface area contributed by atoms with Crippen LogP contribution in [0.15, 0.2) is 42.9 Å². The zero-order valence-corrected chi connectivity index (χ0v) is 15.5. The van der Waals surface area contributed by atoms with Crippen molar-refractivity contribution in [2.24, 2.45) is 17.4 Å². The molecule has 2 atom stereocenters. The van der Waals surface area contributed by atoms with Gasteiger partial charge in [0.2, 0.25) is 5.91 Å². The van der Waals surface area contributed by atoms with E-state index in [9.17, 15) is 9.59 Å². The minimum Gasteiger partial charge on any atom is -0.369 e. The summed E-state index contributed by atoms with van der Waals surface area (Å²) in [6.45, 7) is 3.53. The van der Waals surface area contributed by atoms with Crippen LogP contribution in [0.1, 0.15) is 24.3 Å². The number of benzene rings is 1. The first-order chi connectivity index (χ1) is 13.3. The summed E-state index contributed by atoms with van der Waals surface area (Å²) in [6.07, 6.45) is 4.85. The third-order valence-electron chi connectivity index (χ3n) is 4.48. The Morgan fingerprint density at radius 2 is 1.86 bits per heavy atom. The van der Waals surface area contributed by atoms with Gasteiger partial charge in [-0.1, -0.05) is 13.0 Å². The molecule has 2 amide bonds. The number of anilines is 3. The van der Waals surface area contributed by atoms with E-state index >= 15 is 0 Å². The predicted octanol–water partition coefficient (Wildman–Crippen LogP) is 1.79. The molecule has 2 unspecified atom stereocenters. The van der Waals surface area contributed by atoms with Crippen molar-refractivity contribution in [2.45, 2.75) is 19.9 Å². The topological polar surface area (TPSA) is 149 Å². The molecule has 28 heavy (non-hydrogen) atoms. The molecule has 1 aromatic carbocycles. The van der Waals surface area contributed by atoms with Gasteiger partial charge in [0.05, 0.1) is 12.1 Å². The van der Waals surface area contributed by atoms with Crippen molar-refractivity contribution >= 4 is 39.9 Å². The second-order valence-electron chi connectivity index (χ2n) is 6.50. The minimum atomic E-state index is -0.704. The van der Waals surface area contributed by atoms with Gasteiger partial charge in [-0.2, -0.15) is 0 Å². The lowest BCUT2D eigenvalue weighted by atomic mass is 10.0. The lowest BCUT2D eigenvalue weighted by Crippen LogP contribution is -2.34. The number of nitrogens with one attached hydrogen (secondary N) is 2. The van der Waals surface area contributed by atoms with Crippen LogP contribution < -0.4 is 22.1 Å². The van der Waals surface area contributed by atoms with Crippen LogP contribution in [0.5, 0.6) is 0 Å². The number of primary amides is 2. The van der Waals surface area contributed by atoms with Crippen molar-refractivity contribution < 1.29 is 9.59 Å². The molecule has 3 aromatic rings. The number of carbonyl (C=O) groups excluding carboxylic acids is 2. The number of pyridine rings is 1. The first-order valence-corrected chi connectivity index (χ1v) is 8.68. The lowest BCUT2D eigenvalue weighted by molar-refractivity contribution is -0.121. The highest BCUT2D eigenvalue weighted by Crippen LogP contribution is 2.23. The summed E-state index contributed by atoms with van der Waals surface area (Å²) in [7, 11) is 0. The third kappa shape index (κ3) is 4.14. The van der Waals surface area contributed by atoms with E-state index in [1.165, 1.54) is 6.20 Å². The molecule has 0 aliphatic rings. The highest BCUT2D eigenvalue weighted by Gasteiger charge is 2.19. The van der Waals surface area contributed by atoms with E-state index in [0.29, 0.717) is 11.5 Å². The SMILES string of the molecule is CC(Nc1cnc(C(N)=O)c(Nc2ccc3cnccc3c2)n1)C(C)C(N)=O. The standard InChI is InChI=1S/C19H21N7O2/c1-10(17(20)27)11(2)24-15-9-23-16(18(21)28)19(26-15)25-14-4-3-13-8-22-6-5-12(13)7-14/h3-11H,1-2H3,(H2,20,27)(H2,21,28)(H2,24,25,26). The Hall–Kier alpha value is -3.75. The van der Waals surface area contributed by atoms with Crippen LogP contribution in [0.2, 0.25) is 0 Å². The van der Waals surface area contributed by atoms with E-state index in [0.717, 1.165) is 10.8 Å². The summed E-state index contributed by atoms with van der Waals surface area (Å²) in [5.41, 5.74) is 11.5. The Labute approximate surface area is 161 Å². The molecule has 3 rings (SSSR count). The highest BCUT2D eigenvalue weighted by molar-refractivity contribution is 5.96. The summed E-state index contributed by atoms with van der Waals surface area (Å²) >= 11 is 0. The van der Waals surface area contributed by atoms with Gasteiger partial charge in [0.15, 0.2) is 11.5 Å². The molecule has 0 spiro atoms. The Morgan fingerprint density at radius 1 is 1.07 bits per heavy atom. The smallest absolute Gasteiger partial charge is 0.271 e. The Balaban J connectivity index is 1.90. The van der Waals surface area contributed by atoms with E-state index in [2.05, 4.69) is 25.6 Å². The number of aromatic nitrogens is 3. The Morgan fingerprint density at radius 3 is 2.57 bits per heavy atom. The van der Waals surface area contributed by atoms with Crippen LogP contribution >= 0.6 is 0 Å². The molecule has 2 heterocycles. The molecular weight excluding hydrogens is 358 g/mol. The van der Waals surface area contributed by atoms with Crippen LogP contribution in [-0.4, -0.2) is 32.8 Å². The lowest BCUT2D eigenvalue weighted by Gasteiger charge is -2.19. The van der Waals surface area contributed by atoms with Gasteiger partial charge in [-0.15, -0.1) is 0 Å². The van der Waals surface area contributed by atoms with Gasteiger partial charge in [-0.25, -0.2) is 9.97 Å². The molecule has 9 heteroatoms. The molecular formula is C19H21N7O2. The fourth-order valence-electron chi connectivity index (χ4n) is 2.63. The highest BCUT2D eigenvalue weighted by atomic mass is 16.1. The number of nitrogens with two attached hydrogens (primary N) is 2. The normalized spacial score (nSPS) is 12.9. The number of fused-ring (bicyclic) bond motifs is 1. The third-order valence-corrected chi connectivity index (χ3v) is 4.48. The predicted molar refractivity (Wildman–Crippen MR) is 107 cm³/mol. The summed E-state index contributed by atoms with van der Waals surface area (Å²) in [5.74, 6) is -0.943. The monoisotopic (exact) mass is 379 g/mol. The number of hydrogen-bond donors (Lipinski definition) is 4.